The van der Waals surface area contributed by atoms with Crippen LogP contribution in [-0.2, 0) is 10.0 Å². The molecule has 1 heterocycles. The molecular weight excluding hydrogens is 350 g/mol. The summed E-state index contributed by atoms with van der Waals surface area (Å²) in [5.74, 6) is 1.35. The summed E-state index contributed by atoms with van der Waals surface area (Å²) in [4.78, 5) is 0.350. The normalized spacial score (nSPS) is 15.5. The molecule has 1 aliphatic heterocycles. The van der Waals surface area contributed by atoms with Gasteiger partial charge < -0.3 is 9.47 Å². The highest BCUT2D eigenvalue weighted by molar-refractivity contribution is 7.89. The van der Waals surface area contributed by atoms with Crippen LogP contribution in [0.4, 0.5) is 0 Å². The summed E-state index contributed by atoms with van der Waals surface area (Å²) in [5.41, 5.74) is 1.90. The van der Waals surface area contributed by atoms with Crippen LogP contribution in [0, 0.1) is 0 Å². The van der Waals surface area contributed by atoms with Gasteiger partial charge in [0.1, 0.15) is 0 Å². The SMILES string of the molecule is COc1ccc(C=Cc2ccc(S(=O)(=O)N3CCCC3)cc2)cc1OC. The lowest BCUT2D eigenvalue weighted by atomic mass is 10.1. The molecule has 0 amide bonds. The van der Waals surface area contributed by atoms with E-state index in [4.69, 9.17) is 9.47 Å². The van der Waals surface area contributed by atoms with E-state index in [1.807, 2.05) is 42.5 Å². The van der Waals surface area contributed by atoms with Crippen molar-refractivity contribution in [2.24, 2.45) is 0 Å². The second kappa shape index (κ2) is 7.93. The summed E-state index contributed by atoms with van der Waals surface area (Å²) in [6.07, 6.45) is 5.76. The van der Waals surface area contributed by atoms with Crippen molar-refractivity contribution in [1.82, 2.24) is 4.31 Å². The van der Waals surface area contributed by atoms with Gasteiger partial charge in [0.25, 0.3) is 0 Å². The van der Waals surface area contributed by atoms with E-state index in [1.165, 1.54) is 0 Å². The summed E-state index contributed by atoms with van der Waals surface area (Å²) in [7, 11) is -0.156. The van der Waals surface area contributed by atoms with Crippen LogP contribution in [0.25, 0.3) is 12.2 Å². The minimum Gasteiger partial charge on any atom is -0.493 e. The van der Waals surface area contributed by atoms with Gasteiger partial charge in [-0.05, 0) is 48.2 Å². The van der Waals surface area contributed by atoms with Crippen LogP contribution in [0.1, 0.15) is 24.0 Å². The summed E-state index contributed by atoms with van der Waals surface area (Å²) in [5, 5.41) is 0. The maximum absolute atomic E-state index is 12.5. The van der Waals surface area contributed by atoms with E-state index in [0.717, 1.165) is 24.0 Å². The maximum Gasteiger partial charge on any atom is 0.243 e. The number of ether oxygens (including phenoxy) is 2. The Labute approximate surface area is 154 Å². The van der Waals surface area contributed by atoms with Crippen LogP contribution in [-0.4, -0.2) is 40.0 Å². The molecule has 138 valence electrons. The Morgan fingerprint density at radius 2 is 1.42 bits per heavy atom. The van der Waals surface area contributed by atoms with Gasteiger partial charge >= 0.3 is 0 Å². The van der Waals surface area contributed by atoms with Gasteiger partial charge in [-0.25, -0.2) is 8.42 Å². The first-order chi connectivity index (χ1) is 12.5. The lowest BCUT2D eigenvalue weighted by Gasteiger charge is -2.15. The first kappa shape index (κ1) is 18.5. The third-order valence-electron chi connectivity index (χ3n) is 4.46. The number of sulfonamides is 1. The minimum absolute atomic E-state index is 0.350. The molecule has 3 rings (SSSR count). The van der Waals surface area contributed by atoms with Crippen molar-refractivity contribution in [1.29, 1.82) is 0 Å². The zero-order chi connectivity index (χ0) is 18.6. The average molecular weight is 373 g/mol. The predicted octanol–water partition coefficient (Wildman–Crippen LogP) is 3.66. The third-order valence-corrected chi connectivity index (χ3v) is 6.37. The average Bonchev–Trinajstić information content (AvgIpc) is 3.22. The number of nitrogens with zero attached hydrogens (tertiary/aromatic N) is 1. The molecule has 0 aliphatic carbocycles. The molecule has 0 unspecified atom stereocenters. The van der Waals surface area contributed by atoms with Gasteiger partial charge in [-0.3, -0.25) is 0 Å². The fourth-order valence-electron chi connectivity index (χ4n) is 2.98. The van der Waals surface area contributed by atoms with Gasteiger partial charge in [-0.15, -0.1) is 0 Å². The fourth-order valence-corrected chi connectivity index (χ4v) is 4.49. The summed E-state index contributed by atoms with van der Waals surface area (Å²) < 4.78 is 37.2. The van der Waals surface area contributed by atoms with Crippen LogP contribution in [0.5, 0.6) is 11.5 Å². The fraction of sp³-hybridized carbons (Fsp3) is 0.300. The van der Waals surface area contributed by atoms with Crippen LogP contribution >= 0.6 is 0 Å². The van der Waals surface area contributed by atoms with Crippen LogP contribution in [0.3, 0.4) is 0 Å². The molecular formula is C20H23NO4S. The number of methoxy groups -OCH3 is 2. The van der Waals surface area contributed by atoms with E-state index >= 15 is 0 Å². The molecule has 2 aromatic carbocycles. The molecule has 0 aromatic heterocycles. The monoisotopic (exact) mass is 373 g/mol. The molecule has 5 nitrogen and oxygen atoms in total. The highest BCUT2D eigenvalue weighted by Gasteiger charge is 2.26. The largest absolute Gasteiger partial charge is 0.493 e. The minimum atomic E-state index is -3.36. The zero-order valence-corrected chi connectivity index (χ0v) is 15.8. The molecule has 0 spiro atoms. The number of benzene rings is 2. The predicted molar refractivity (Wildman–Crippen MR) is 103 cm³/mol. The Morgan fingerprint density at radius 3 is 2.04 bits per heavy atom. The standard InChI is InChI=1S/C20H23NO4S/c1-24-19-12-9-17(15-20(19)25-2)6-5-16-7-10-18(11-8-16)26(22,23)21-13-3-4-14-21/h5-12,15H,3-4,13-14H2,1-2H3. The zero-order valence-electron chi connectivity index (χ0n) is 15.0. The summed E-state index contributed by atoms with van der Waals surface area (Å²) in [6.45, 7) is 1.23. The van der Waals surface area contributed by atoms with Crippen molar-refractivity contribution in [3.8, 4) is 11.5 Å². The number of hydrogen-bond donors (Lipinski definition) is 0. The Morgan fingerprint density at radius 1 is 0.846 bits per heavy atom. The molecule has 26 heavy (non-hydrogen) atoms. The van der Waals surface area contributed by atoms with E-state index in [-0.39, 0.29) is 0 Å². The van der Waals surface area contributed by atoms with Crippen LogP contribution in [0.2, 0.25) is 0 Å². The first-order valence-electron chi connectivity index (χ1n) is 8.55. The highest BCUT2D eigenvalue weighted by atomic mass is 32.2. The van der Waals surface area contributed by atoms with Crippen molar-refractivity contribution >= 4 is 22.2 Å². The molecule has 1 saturated heterocycles. The first-order valence-corrected chi connectivity index (χ1v) is 9.99. The topological polar surface area (TPSA) is 55.8 Å². The molecule has 1 fully saturated rings. The van der Waals surface area contributed by atoms with Crippen molar-refractivity contribution in [3.63, 3.8) is 0 Å². The summed E-state index contributed by atoms with van der Waals surface area (Å²) in [6, 6.07) is 12.7. The van der Waals surface area contributed by atoms with Gasteiger partial charge in [0.2, 0.25) is 10.0 Å². The third kappa shape index (κ3) is 3.92. The lowest BCUT2D eigenvalue weighted by Crippen LogP contribution is -2.27. The Bertz CT molecular complexity index is 883. The smallest absolute Gasteiger partial charge is 0.243 e. The van der Waals surface area contributed by atoms with E-state index < -0.39 is 10.0 Å². The van der Waals surface area contributed by atoms with Gasteiger partial charge in [-0.2, -0.15) is 4.31 Å². The van der Waals surface area contributed by atoms with E-state index in [9.17, 15) is 8.42 Å². The van der Waals surface area contributed by atoms with Gasteiger partial charge in [0.15, 0.2) is 11.5 Å². The second-order valence-electron chi connectivity index (χ2n) is 6.13. The second-order valence-corrected chi connectivity index (χ2v) is 8.07. The van der Waals surface area contributed by atoms with Gasteiger partial charge in [0.05, 0.1) is 19.1 Å². The molecule has 2 aromatic rings. The van der Waals surface area contributed by atoms with Gasteiger partial charge in [-0.1, -0.05) is 30.4 Å². The highest BCUT2D eigenvalue weighted by Crippen LogP contribution is 2.28. The molecule has 0 atom stereocenters. The van der Waals surface area contributed by atoms with Gasteiger partial charge in [0, 0.05) is 13.1 Å². The van der Waals surface area contributed by atoms with Crippen molar-refractivity contribution in [3.05, 3.63) is 53.6 Å². The molecule has 0 N–H and O–H groups in total. The Kier molecular flexibility index (Phi) is 5.64. The maximum atomic E-state index is 12.5. The van der Waals surface area contributed by atoms with Crippen LogP contribution < -0.4 is 9.47 Å². The van der Waals surface area contributed by atoms with E-state index in [0.29, 0.717) is 29.5 Å². The van der Waals surface area contributed by atoms with Crippen molar-refractivity contribution < 1.29 is 17.9 Å². The molecule has 6 heteroatoms. The lowest BCUT2D eigenvalue weighted by molar-refractivity contribution is 0.355. The van der Waals surface area contributed by atoms with E-state index in [2.05, 4.69) is 0 Å². The van der Waals surface area contributed by atoms with Crippen LogP contribution in [0.15, 0.2) is 47.4 Å². The van der Waals surface area contributed by atoms with Crippen molar-refractivity contribution in [2.45, 2.75) is 17.7 Å². The van der Waals surface area contributed by atoms with Crippen molar-refractivity contribution in [2.75, 3.05) is 27.3 Å². The molecule has 0 saturated carbocycles. The number of rotatable bonds is 6. The Balaban J connectivity index is 1.76. The molecule has 0 radical (unpaired) electrons. The Hall–Kier alpha value is -2.31. The number of hydrogen-bond acceptors (Lipinski definition) is 4. The van der Waals surface area contributed by atoms with E-state index in [1.54, 1.807) is 30.7 Å². The molecule has 0 bridgehead atoms. The summed E-state index contributed by atoms with van der Waals surface area (Å²) >= 11 is 0. The quantitative estimate of drug-likeness (QED) is 0.725. The molecule has 1 aliphatic rings.